The van der Waals surface area contributed by atoms with Crippen LogP contribution in [0.15, 0.2) is 23.0 Å². The van der Waals surface area contributed by atoms with E-state index in [4.69, 9.17) is 13.9 Å². The minimum atomic E-state index is -0.816. The molecule has 1 aromatic rings. The first-order valence-corrected chi connectivity index (χ1v) is 7.73. The topological polar surface area (TPSA) is 72.1 Å². The number of hydrogen-bond acceptors (Lipinski definition) is 5. The summed E-state index contributed by atoms with van der Waals surface area (Å²) >= 11 is 0. The van der Waals surface area contributed by atoms with Crippen LogP contribution in [0, 0.1) is 0 Å². The SMILES string of the molecule is COCC1(O)CCOC2(CCN(C(=O)c3ccoc3)CC2)C1. The van der Waals surface area contributed by atoms with E-state index < -0.39 is 5.60 Å². The summed E-state index contributed by atoms with van der Waals surface area (Å²) in [6, 6.07) is 1.68. The van der Waals surface area contributed by atoms with E-state index in [2.05, 4.69) is 0 Å². The van der Waals surface area contributed by atoms with Gasteiger partial charge in [-0.15, -0.1) is 0 Å². The average Bonchev–Trinajstić information content (AvgIpc) is 3.01. The third kappa shape index (κ3) is 3.04. The third-order valence-corrected chi connectivity index (χ3v) is 4.77. The highest BCUT2D eigenvalue weighted by molar-refractivity contribution is 5.93. The van der Waals surface area contributed by atoms with Gasteiger partial charge in [-0.2, -0.15) is 0 Å². The number of furan rings is 1. The lowest BCUT2D eigenvalue weighted by atomic mass is 9.77. The van der Waals surface area contributed by atoms with Gasteiger partial charge in [0, 0.05) is 33.0 Å². The predicted octanol–water partition coefficient (Wildman–Crippen LogP) is 1.44. The summed E-state index contributed by atoms with van der Waals surface area (Å²) in [6.45, 7) is 2.13. The second-order valence-corrected chi connectivity index (χ2v) is 6.42. The van der Waals surface area contributed by atoms with Crippen LogP contribution in [0.3, 0.4) is 0 Å². The van der Waals surface area contributed by atoms with E-state index in [9.17, 15) is 9.90 Å². The molecule has 6 nitrogen and oxygen atoms in total. The number of aliphatic hydroxyl groups is 1. The Balaban J connectivity index is 1.62. The van der Waals surface area contributed by atoms with Gasteiger partial charge in [0.15, 0.2) is 0 Å². The number of likely N-dealkylation sites (tertiary alicyclic amines) is 1. The quantitative estimate of drug-likeness (QED) is 0.915. The molecule has 0 aromatic carbocycles. The zero-order valence-electron chi connectivity index (χ0n) is 12.9. The second kappa shape index (κ2) is 6.02. The minimum absolute atomic E-state index is 0.00781. The third-order valence-electron chi connectivity index (χ3n) is 4.77. The Morgan fingerprint density at radius 1 is 1.41 bits per heavy atom. The van der Waals surface area contributed by atoms with Crippen LogP contribution in [-0.4, -0.2) is 60.5 Å². The minimum Gasteiger partial charge on any atom is -0.472 e. The van der Waals surface area contributed by atoms with Gasteiger partial charge in [0.05, 0.1) is 36.2 Å². The Morgan fingerprint density at radius 2 is 2.18 bits per heavy atom. The lowest BCUT2D eigenvalue weighted by Crippen LogP contribution is -2.56. The molecule has 1 atom stereocenters. The molecule has 0 bridgehead atoms. The maximum absolute atomic E-state index is 12.3. The van der Waals surface area contributed by atoms with Gasteiger partial charge in [0.1, 0.15) is 6.26 Å². The molecule has 1 spiro atoms. The molecule has 1 aromatic heterocycles. The Kier molecular flexibility index (Phi) is 4.25. The number of hydrogen-bond donors (Lipinski definition) is 1. The van der Waals surface area contributed by atoms with Crippen molar-refractivity contribution >= 4 is 5.91 Å². The van der Waals surface area contributed by atoms with Crippen molar-refractivity contribution in [1.29, 1.82) is 0 Å². The number of methoxy groups -OCH3 is 1. The molecule has 22 heavy (non-hydrogen) atoms. The molecule has 3 rings (SSSR count). The van der Waals surface area contributed by atoms with Gasteiger partial charge in [-0.05, 0) is 18.9 Å². The van der Waals surface area contributed by atoms with Gasteiger partial charge in [0.2, 0.25) is 0 Å². The first-order valence-electron chi connectivity index (χ1n) is 7.73. The number of nitrogens with zero attached hydrogens (tertiary/aromatic N) is 1. The molecule has 1 amide bonds. The largest absolute Gasteiger partial charge is 0.472 e. The van der Waals surface area contributed by atoms with Gasteiger partial charge in [0.25, 0.3) is 5.91 Å². The van der Waals surface area contributed by atoms with Crippen molar-refractivity contribution in [2.45, 2.75) is 36.9 Å². The molecule has 1 N–H and O–H groups in total. The van der Waals surface area contributed by atoms with Gasteiger partial charge < -0.3 is 23.9 Å². The molecule has 2 saturated heterocycles. The standard InChI is InChI=1S/C16H23NO5/c1-20-12-15(19)5-9-22-16(11-15)3-6-17(7-4-16)14(18)13-2-8-21-10-13/h2,8,10,19H,3-7,9,11-12H2,1H3. The molecule has 0 saturated carbocycles. The summed E-state index contributed by atoms with van der Waals surface area (Å²) in [6.07, 6.45) is 5.63. The number of amides is 1. The first kappa shape index (κ1) is 15.5. The van der Waals surface area contributed by atoms with Crippen LogP contribution in [0.5, 0.6) is 0 Å². The number of carbonyl (C=O) groups is 1. The lowest BCUT2D eigenvalue weighted by Gasteiger charge is -2.48. The Labute approximate surface area is 130 Å². The molecule has 1 unspecified atom stereocenters. The van der Waals surface area contributed by atoms with Gasteiger partial charge in [-0.25, -0.2) is 0 Å². The van der Waals surface area contributed by atoms with Crippen molar-refractivity contribution in [2.24, 2.45) is 0 Å². The van der Waals surface area contributed by atoms with Crippen molar-refractivity contribution in [2.75, 3.05) is 33.4 Å². The van der Waals surface area contributed by atoms with Crippen molar-refractivity contribution < 1.29 is 23.8 Å². The van der Waals surface area contributed by atoms with Crippen LogP contribution in [0.25, 0.3) is 0 Å². The average molecular weight is 309 g/mol. The molecule has 2 aliphatic heterocycles. The summed E-state index contributed by atoms with van der Waals surface area (Å²) in [5.41, 5.74) is -0.570. The highest BCUT2D eigenvalue weighted by Gasteiger charge is 2.47. The van der Waals surface area contributed by atoms with Crippen LogP contribution in [0.2, 0.25) is 0 Å². The van der Waals surface area contributed by atoms with Gasteiger partial charge in [-0.3, -0.25) is 4.79 Å². The first-order chi connectivity index (χ1) is 10.6. The fraction of sp³-hybridized carbons (Fsp3) is 0.688. The molecule has 2 fully saturated rings. The smallest absolute Gasteiger partial charge is 0.257 e. The second-order valence-electron chi connectivity index (χ2n) is 6.42. The van der Waals surface area contributed by atoms with Crippen LogP contribution in [0.4, 0.5) is 0 Å². The lowest BCUT2D eigenvalue weighted by molar-refractivity contribution is -0.189. The van der Waals surface area contributed by atoms with E-state index in [0.29, 0.717) is 44.7 Å². The summed E-state index contributed by atoms with van der Waals surface area (Å²) in [4.78, 5) is 14.1. The van der Waals surface area contributed by atoms with E-state index >= 15 is 0 Å². The summed E-state index contributed by atoms with van der Waals surface area (Å²) in [5.74, 6) is -0.00781. The van der Waals surface area contributed by atoms with Crippen molar-refractivity contribution in [3.05, 3.63) is 24.2 Å². The number of rotatable bonds is 3. The van der Waals surface area contributed by atoms with E-state index in [1.807, 2.05) is 4.90 Å². The van der Waals surface area contributed by atoms with Crippen LogP contribution < -0.4 is 0 Å². The van der Waals surface area contributed by atoms with Crippen molar-refractivity contribution in [3.63, 3.8) is 0 Å². The molecule has 122 valence electrons. The fourth-order valence-corrected chi connectivity index (χ4v) is 3.60. The van der Waals surface area contributed by atoms with E-state index in [1.165, 1.54) is 12.5 Å². The zero-order valence-corrected chi connectivity index (χ0v) is 12.9. The van der Waals surface area contributed by atoms with Crippen molar-refractivity contribution in [1.82, 2.24) is 4.90 Å². The van der Waals surface area contributed by atoms with Gasteiger partial charge >= 0.3 is 0 Å². The molecule has 0 radical (unpaired) electrons. The monoisotopic (exact) mass is 309 g/mol. The maximum Gasteiger partial charge on any atom is 0.257 e. The highest BCUT2D eigenvalue weighted by atomic mass is 16.5. The van der Waals surface area contributed by atoms with Crippen molar-refractivity contribution in [3.8, 4) is 0 Å². The van der Waals surface area contributed by atoms with Crippen LogP contribution in [0.1, 0.15) is 36.0 Å². The fourth-order valence-electron chi connectivity index (χ4n) is 3.60. The molecular weight excluding hydrogens is 286 g/mol. The van der Waals surface area contributed by atoms with E-state index in [1.54, 1.807) is 13.2 Å². The zero-order chi connectivity index (χ0) is 15.6. The number of ether oxygens (including phenoxy) is 2. The summed E-state index contributed by atoms with van der Waals surface area (Å²) < 4.78 is 16.1. The van der Waals surface area contributed by atoms with Crippen LogP contribution >= 0.6 is 0 Å². The normalized spacial score (nSPS) is 28.0. The number of carbonyl (C=O) groups excluding carboxylic acids is 1. The molecule has 3 heterocycles. The summed E-state index contributed by atoms with van der Waals surface area (Å²) in [7, 11) is 1.60. The number of piperidine rings is 1. The highest BCUT2D eigenvalue weighted by Crippen LogP contribution is 2.39. The van der Waals surface area contributed by atoms with E-state index in [0.717, 1.165) is 12.8 Å². The Bertz CT molecular complexity index is 503. The van der Waals surface area contributed by atoms with Gasteiger partial charge in [-0.1, -0.05) is 0 Å². The molecule has 2 aliphatic rings. The molecular formula is C16H23NO5. The summed E-state index contributed by atoms with van der Waals surface area (Å²) in [5, 5.41) is 10.6. The van der Waals surface area contributed by atoms with Crippen LogP contribution in [-0.2, 0) is 9.47 Å². The molecule has 0 aliphatic carbocycles. The van der Waals surface area contributed by atoms with E-state index in [-0.39, 0.29) is 11.5 Å². The Morgan fingerprint density at radius 3 is 2.82 bits per heavy atom. The Hall–Kier alpha value is -1.37. The predicted molar refractivity (Wildman–Crippen MR) is 78.6 cm³/mol. The maximum atomic E-state index is 12.3. The molecule has 6 heteroatoms.